The van der Waals surface area contributed by atoms with Crippen molar-refractivity contribution >= 4 is 34.8 Å². The van der Waals surface area contributed by atoms with Gasteiger partial charge in [0, 0.05) is 24.3 Å². The molecule has 1 N–H and O–H groups in total. The molecule has 0 unspecified atom stereocenters. The number of rotatable bonds is 7. The zero-order valence-corrected chi connectivity index (χ0v) is 22.4. The molecule has 1 aromatic heterocycles. The molecule has 180 valence electrons. The fraction of sp³-hybridized carbons (Fsp3) is 0.360. The largest absolute Gasteiger partial charge is 1.00 e. The molecule has 0 radical (unpaired) electrons. The summed E-state index contributed by atoms with van der Waals surface area (Å²) in [5, 5.41) is 3.51. The van der Waals surface area contributed by atoms with Crippen LogP contribution in [-0.4, -0.2) is 53.9 Å². The number of para-hydroxylation sites is 1. The summed E-state index contributed by atoms with van der Waals surface area (Å²) in [6.07, 6.45) is 2.20. The van der Waals surface area contributed by atoms with Crippen LogP contribution >= 0.6 is 22.9 Å². The second kappa shape index (κ2) is 10.8. The first-order chi connectivity index (χ1) is 16.0. The third-order valence-electron chi connectivity index (χ3n) is 6.89. The smallest absolute Gasteiger partial charge is 0.413 e. The van der Waals surface area contributed by atoms with Gasteiger partial charge in [0.15, 0.2) is 5.82 Å². The summed E-state index contributed by atoms with van der Waals surface area (Å²) < 4.78 is 13.0. The van der Waals surface area contributed by atoms with E-state index in [-0.39, 0.29) is 29.6 Å². The van der Waals surface area contributed by atoms with Crippen molar-refractivity contribution in [3.8, 4) is 16.2 Å². The number of halogens is 2. The Morgan fingerprint density at radius 2 is 1.82 bits per heavy atom. The number of nitrogens with zero attached hydrogens (tertiary/aromatic N) is 2. The number of anilines is 1. The first kappa shape index (κ1) is 25.2. The number of hydrogen-bond acceptors (Lipinski definition) is 5. The van der Waals surface area contributed by atoms with Crippen LogP contribution in [-0.2, 0) is 4.74 Å². The van der Waals surface area contributed by atoms with E-state index in [1.165, 1.54) is 11.3 Å². The average molecular weight is 612 g/mol. The topological polar surface area (TPSA) is 60.5 Å². The number of aromatic nitrogens is 1. The van der Waals surface area contributed by atoms with Gasteiger partial charge in [0.05, 0.1) is 30.0 Å². The lowest BCUT2D eigenvalue weighted by atomic mass is 9.81. The standard InChI is InChI=1S/C25H26ClN3O3S.HI/c26-20-6-4-5-19(17-20)22-23(27-18-33-22)28-24(30)32-25-9-12-29(13-10-25,14-11-25)15-16-31-21-7-2-1-3-8-21;/h1-8,17-18H,9-16H2;1H. The fourth-order valence-electron chi connectivity index (χ4n) is 4.88. The minimum absolute atomic E-state index is 0. The summed E-state index contributed by atoms with van der Waals surface area (Å²) in [4.78, 5) is 18.0. The zero-order chi connectivity index (χ0) is 22.7. The molecule has 3 aliphatic heterocycles. The van der Waals surface area contributed by atoms with Crippen molar-refractivity contribution in [2.75, 3.05) is 38.1 Å². The molecule has 6 nitrogen and oxygen atoms in total. The van der Waals surface area contributed by atoms with Gasteiger partial charge in [-0.1, -0.05) is 41.9 Å². The summed E-state index contributed by atoms with van der Waals surface area (Å²) in [7, 11) is 0. The summed E-state index contributed by atoms with van der Waals surface area (Å²) >= 11 is 7.59. The van der Waals surface area contributed by atoms with E-state index in [0.29, 0.717) is 17.4 Å². The molecule has 2 aromatic carbocycles. The number of ether oxygens (including phenoxy) is 2. The number of carbonyl (C=O) groups is 1. The molecule has 34 heavy (non-hydrogen) atoms. The Bertz CT molecular complexity index is 1100. The van der Waals surface area contributed by atoms with Crippen molar-refractivity contribution in [3.05, 3.63) is 65.1 Å². The lowest BCUT2D eigenvalue weighted by molar-refractivity contribution is -0.944. The van der Waals surface area contributed by atoms with Gasteiger partial charge < -0.3 is 37.9 Å². The molecule has 6 rings (SSSR count). The third-order valence-corrected chi connectivity index (χ3v) is 8.00. The van der Waals surface area contributed by atoms with Gasteiger partial charge in [-0.3, -0.25) is 5.32 Å². The van der Waals surface area contributed by atoms with Gasteiger partial charge >= 0.3 is 6.09 Å². The van der Waals surface area contributed by atoms with E-state index in [1.807, 2.05) is 54.6 Å². The molecular formula is C25H27ClIN3O3S. The number of nitrogens with one attached hydrogen (secondary N) is 1. The second-order valence-electron chi connectivity index (χ2n) is 8.89. The van der Waals surface area contributed by atoms with Crippen molar-refractivity contribution in [2.24, 2.45) is 0 Å². The van der Waals surface area contributed by atoms with Crippen LogP contribution in [0.2, 0.25) is 5.02 Å². The first-order valence-electron chi connectivity index (χ1n) is 11.3. The average Bonchev–Trinajstić information content (AvgIpc) is 3.29. The molecule has 0 spiro atoms. The SMILES string of the molecule is O=C(Nc1ncsc1-c1cccc(Cl)c1)OC12CC[N+](CCOc3ccccc3)(CC1)CC2.[I-]. The molecule has 3 saturated heterocycles. The maximum atomic E-state index is 12.8. The molecule has 1 amide bonds. The van der Waals surface area contributed by atoms with Gasteiger partial charge in [-0.2, -0.15) is 0 Å². The van der Waals surface area contributed by atoms with Crippen LogP contribution in [0.5, 0.6) is 5.75 Å². The van der Waals surface area contributed by atoms with Gasteiger partial charge in [-0.25, -0.2) is 9.78 Å². The maximum Gasteiger partial charge on any atom is 0.413 e. The number of thiazole rings is 1. The molecule has 0 saturated carbocycles. The van der Waals surface area contributed by atoms with Crippen LogP contribution in [0.15, 0.2) is 60.1 Å². The minimum atomic E-state index is -0.432. The van der Waals surface area contributed by atoms with Crippen LogP contribution in [0.3, 0.4) is 0 Å². The second-order valence-corrected chi connectivity index (χ2v) is 10.2. The van der Waals surface area contributed by atoms with Crippen molar-refractivity contribution < 1.29 is 42.7 Å². The summed E-state index contributed by atoms with van der Waals surface area (Å²) in [5.41, 5.74) is 2.26. The van der Waals surface area contributed by atoms with Gasteiger partial charge in [-0.15, -0.1) is 11.3 Å². The molecule has 9 heteroatoms. The number of amides is 1. The minimum Gasteiger partial charge on any atom is -1.00 e. The molecular weight excluding hydrogens is 585 g/mol. The highest BCUT2D eigenvalue weighted by Crippen LogP contribution is 2.40. The Kier molecular flexibility index (Phi) is 8.01. The van der Waals surface area contributed by atoms with Crippen molar-refractivity contribution in [1.29, 1.82) is 0 Å². The Labute approximate surface area is 225 Å². The molecule has 2 bridgehead atoms. The lowest BCUT2D eigenvalue weighted by Crippen LogP contribution is -3.00. The Hall–Kier alpha value is -1.88. The highest BCUT2D eigenvalue weighted by Gasteiger charge is 2.51. The van der Waals surface area contributed by atoms with Crippen LogP contribution in [0, 0.1) is 0 Å². The van der Waals surface area contributed by atoms with Crippen LogP contribution in [0.4, 0.5) is 10.6 Å². The Morgan fingerprint density at radius 1 is 1.09 bits per heavy atom. The predicted molar refractivity (Wildman–Crippen MR) is 131 cm³/mol. The van der Waals surface area contributed by atoms with Gasteiger partial charge in [0.1, 0.15) is 24.5 Å². The molecule has 3 fully saturated rings. The number of benzene rings is 2. The van der Waals surface area contributed by atoms with E-state index < -0.39 is 6.09 Å². The van der Waals surface area contributed by atoms with Crippen molar-refractivity contribution in [3.63, 3.8) is 0 Å². The molecule has 0 aliphatic carbocycles. The quantitative estimate of drug-likeness (QED) is 0.330. The normalized spacial score (nSPS) is 23.1. The van der Waals surface area contributed by atoms with E-state index in [9.17, 15) is 4.79 Å². The van der Waals surface area contributed by atoms with E-state index >= 15 is 0 Å². The first-order valence-corrected chi connectivity index (χ1v) is 12.5. The van der Waals surface area contributed by atoms with Crippen LogP contribution in [0.25, 0.3) is 10.4 Å². The van der Waals surface area contributed by atoms with Gasteiger partial charge in [0.2, 0.25) is 0 Å². The van der Waals surface area contributed by atoms with Crippen LogP contribution < -0.4 is 34.0 Å². The van der Waals surface area contributed by atoms with E-state index in [0.717, 1.165) is 66.1 Å². The number of piperidine rings is 3. The van der Waals surface area contributed by atoms with Crippen molar-refractivity contribution in [2.45, 2.75) is 24.9 Å². The Balaban J connectivity index is 0.00000274. The maximum absolute atomic E-state index is 12.8. The van der Waals surface area contributed by atoms with E-state index in [1.54, 1.807) is 5.51 Å². The van der Waals surface area contributed by atoms with Gasteiger partial charge in [0.25, 0.3) is 0 Å². The third kappa shape index (κ3) is 5.67. The lowest BCUT2D eigenvalue weighted by Gasteiger charge is -2.53. The Morgan fingerprint density at radius 3 is 2.53 bits per heavy atom. The molecule has 0 atom stereocenters. The summed E-state index contributed by atoms with van der Waals surface area (Å²) in [6, 6.07) is 17.5. The van der Waals surface area contributed by atoms with Crippen LogP contribution in [0.1, 0.15) is 19.3 Å². The number of hydrogen-bond donors (Lipinski definition) is 1. The van der Waals surface area contributed by atoms with E-state index in [4.69, 9.17) is 21.1 Å². The van der Waals surface area contributed by atoms with Gasteiger partial charge in [-0.05, 0) is 29.8 Å². The highest BCUT2D eigenvalue weighted by atomic mass is 127. The molecule has 3 aromatic rings. The van der Waals surface area contributed by atoms with Crippen molar-refractivity contribution in [1.82, 2.24) is 4.98 Å². The number of quaternary nitrogens is 1. The summed E-state index contributed by atoms with van der Waals surface area (Å²) in [6.45, 7) is 4.72. The molecule has 3 aliphatic rings. The monoisotopic (exact) mass is 611 g/mol. The highest BCUT2D eigenvalue weighted by molar-refractivity contribution is 7.13. The zero-order valence-electron chi connectivity index (χ0n) is 18.7. The molecule has 4 heterocycles. The number of fused-ring (bicyclic) bond motifs is 3. The summed E-state index contributed by atoms with van der Waals surface area (Å²) in [5.74, 6) is 1.43. The van der Waals surface area contributed by atoms with E-state index in [2.05, 4.69) is 10.3 Å². The predicted octanol–water partition coefficient (Wildman–Crippen LogP) is 2.85. The number of carbonyl (C=O) groups excluding carboxylic acids is 1. The fourth-order valence-corrected chi connectivity index (χ4v) is 5.82.